The van der Waals surface area contributed by atoms with E-state index in [-0.39, 0.29) is 17.1 Å². The molecule has 1 unspecified atom stereocenters. The first-order valence-corrected chi connectivity index (χ1v) is 8.05. The number of aliphatic carboxylic acids is 1. The molecule has 0 radical (unpaired) electrons. The average molecular weight is 339 g/mol. The molecular weight excluding hydrogens is 325 g/mol. The minimum Gasteiger partial charge on any atom is -0.508 e. The number of phenols is 1. The fraction of sp³-hybridized carbons (Fsp3) is 0.133. The Balaban J connectivity index is 2.22. The first-order chi connectivity index (χ1) is 10.8. The van der Waals surface area contributed by atoms with Gasteiger partial charge in [-0.1, -0.05) is 18.2 Å². The van der Waals surface area contributed by atoms with Gasteiger partial charge in [-0.25, -0.2) is 12.8 Å². The minimum absolute atomic E-state index is 0.0148. The summed E-state index contributed by atoms with van der Waals surface area (Å²) in [5.41, 5.74) is 0.525. The summed E-state index contributed by atoms with van der Waals surface area (Å²) in [6.07, 6.45) is -0.121. The van der Waals surface area contributed by atoms with Gasteiger partial charge in [0.1, 0.15) is 17.6 Å². The van der Waals surface area contributed by atoms with Crippen molar-refractivity contribution >= 4 is 16.0 Å². The molecule has 122 valence electrons. The van der Waals surface area contributed by atoms with Crippen molar-refractivity contribution in [3.63, 3.8) is 0 Å². The van der Waals surface area contributed by atoms with Gasteiger partial charge in [0, 0.05) is 0 Å². The number of halogens is 1. The van der Waals surface area contributed by atoms with Crippen LogP contribution in [0.25, 0.3) is 0 Å². The molecule has 0 aromatic heterocycles. The predicted molar refractivity (Wildman–Crippen MR) is 80.0 cm³/mol. The molecule has 0 bridgehead atoms. The Morgan fingerprint density at radius 3 is 2.39 bits per heavy atom. The van der Waals surface area contributed by atoms with Crippen molar-refractivity contribution in [1.82, 2.24) is 4.72 Å². The van der Waals surface area contributed by atoms with Crippen LogP contribution < -0.4 is 4.72 Å². The van der Waals surface area contributed by atoms with E-state index in [1.54, 1.807) is 0 Å². The number of nitrogens with one attached hydrogen (secondary N) is 1. The van der Waals surface area contributed by atoms with E-state index in [4.69, 9.17) is 0 Å². The summed E-state index contributed by atoms with van der Waals surface area (Å²) < 4.78 is 39.5. The highest BCUT2D eigenvalue weighted by Crippen LogP contribution is 2.14. The second-order valence-electron chi connectivity index (χ2n) is 4.84. The average Bonchev–Trinajstić information content (AvgIpc) is 2.48. The molecule has 0 spiro atoms. The number of sulfonamides is 1. The van der Waals surface area contributed by atoms with Crippen LogP contribution in [0.1, 0.15) is 5.56 Å². The third kappa shape index (κ3) is 4.51. The van der Waals surface area contributed by atoms with E-state index in [1.807, 2.05) is 4.72 Å². The Bertz CT molecular complexity index is 805. The lowest BCUT2D eigenvalue weighted by molar-refractivity contribution is -0.138. The van der Waals surface area contributed by atoms with Crippen LogP contribution in [0.4, 0.5) is 4.39 Å². The monoisotopic (exact) mass is 339 g/mol. The van der Waals surface area contributed by atoms with E-state index >= 15 is 0 Å². The third-order valence-corrected chi connectivity index (χ3v) is 4.55. The Kier molecular flexibility index (Phi) is 4.97. The number of carbonyl (C=O) groups is 1. The molecule has 0 aliphatic heterocycles. The summed E-state index contributed by atoms with van der Waals surface area (Å²) in [4.78, 5) is 10.9. The molecule has 1 atom stereocenters. The van der Waals surface area contributed by atoms with Gasteiger partial charge in [-0.3, -0.25) is 4.79 Å². The number of aromatic hydroxyl groups is 1. The van der Waals surface area contributed by atoms with E-state index in [9.17, 15) is 27.8 Å². The Hall–Kier alpha value is -2.45. The number of rotatable bonds is 6. The van der Waals surface area contributed by atoms with Gasteiger partial charge in [-0.15, -0.1) is 0 Å². The topological polar surface area (TPSA) is 104 Å². The second kappa shape index (κ2) is 6.76. The lowest BCUT2D eigenvalue weighted by Crippen LogP contribution is -2.42. The molecule has 0 saturated heterocycles. The van der Waals surface area contributed by atoms with Crippen LogP contribution in [-0.4, -0.2) is 30.6 Å². The number of carboxylic acids is 1. The Morgan fingerprint density at radius 2 is 1.83 bits per heavy atom. The van der Waals surface area contributed by atoms with Crippen molar-refractivity contribution in [2.45, 2.75) is 17.4 Å². The Labute approximate surface area is 132 Å². The van der Waals surface area contributed by atoms with Crippen LogP contribution in [0.15, 0.2) is 53.4 Å². The van der Waals surface area contributed by atoms with Gasteiger partial charge in [0.05, 0.1) is 4.90 Å². The van der Waals surface area contributed by atoms with Crippen LogP contribution >= 0.6 is 0 Å². The van der Waals surface area contributed by atoms with E-state index in [2.05, 4.69) is 0 Å². The zero-order valence-electron chi connectivity index (χ0n) is 11.8. The summed E-state index contributed by atoms with van der Waals surface area (Å²) in [5.74, 6) is -2.09. The maximum absolute atomic E-state index is 13.1. The molecule has 8 heteroatoms. The zero-order chi connectivity index (χ0) is 17.0. The highest BCUT2D eigenvalue weighted by atomic mass is 32.2. The molecule has 6 nitrogen and oxygen atoms in total. The van der Waals surface area contributed by atoms with Crippen LogP contribution in [0.5, 0.6) is 5.75 Å². The maximum atomic E-state index is 13.1. The summed E-state index contributed by atoms with van der Waals surface area (Å²) in [7, 11) is -4.18. The maximum Gasteiger partial charge on any atom is 0.322 e. The van der Waals surface area contributed by atoms with Crippen LogP contribution in [0, 0.1) is 5.82 Å². The molecule has 0 aliphatic rings. The van der Waals surface area contributed by atoms with Crippen LogP contribution in [0.2, 0.25) is 0 Å². The second-order valence-corrected chi connectivity index (χ2v) is 6.55. The summed E-state index contributed by atoms with van der Waals surface area (Å²) in [6, 6.07) is 8.58. The summed E-state index contributed by atoms with van der Waals surface area (Å²) in [5, 5.41) is 18.4. The number of hydrogen-bond donors (Lipinski definition) is 3. The summed E-state index contributed by atoms with van der Waals surface area (Å²) in [6.45, 7) is 0. The van der Waals surface area contributed by atoms with E-state index in [0.717, 1.165) is 12.1 Å². The van der Waals surface area contributed by atoms with E-state index in [1.165, 1.54) is 36.4 Å². The molecule has 0 aliphatic carbocycles. The fourth-order valence-corrected chi connectivity index (χ4v) is 3.16. The smallest absolute Gasteiger partial charge is 0.322 e. The van der Waals surface area contributed by atoms with Crippen LogP contribution in [-0.2, 0) is 21.2 Å². The van der Waals surface area contributed by atoms with Crippen molar-refractivity contribution in [3.8, 4) is 5.75 Å². The molecule has 0 saturated carbocycles. The van der Waals surface area contributed by atoms with E-state index < -0.39 is 27.9 Å². The Morgan fingerprint density at radius 1 is 1.17 bits per heavy atom. The minimum atomic E-state index is -4.18. The molecule has 2 aromatic rings. The third-order valence-electron chi connectivity index (χ3n) is 3.08. The van der Waals surface area contributed by atoms with Gasteiger partial charge in [-0.2, -0.15) is 4.72 Å². The van der Waals surface area contributed by atoms with Gasteiger partial charge in [-0.05, 0) is 42.3 Å². The molecular formula is C15H14FNO5S. The lowest BCUT2D eigenvalue weighted by Gasteiger charge is -2.15. The molecule has 0 amide bonds. The van der Waals surface area contributed by atoms with Crippen molar-refractivity contribution in [3.05, 3.63) is 59.9 Å². The van der Waals surface area contributed by atoms with Gasteiger partial charge >= 0.3 is 5.97 Å². The quantitative estimate of drug-likeness (QED) is 0.740. The normalized spacial score (nSPS) is 12.7. The highest BCUT2D eigenvalue weighted by Gasteiger charge is 2.25. The SMILES string of the molecule is O=C(O)C(Cc1ccc(O)cc1)NS(=O)(=O)c1cccc(F)c1. The molecule has 0 fully saturated rings. The lowest BCUT2D eigenvalue weighted by atomic mass is 10.1. The van der Waals surface area contributed by atoms with Crippen molar-refractivity contribution in [2.24, 2.45) is 0 Å². The number of benzene rings is 2. The van der Waals surface area contributed by atoms with Gasteiger partial charge in [0.15, 0.2) is 0 Å². The van der Waals surface area contributed by atoms with Crippen LogP contribution in [0.3, 0.4) is 0 Å². The number of hydrogen-bond acceptors (Lipinski definition) is 4. The molecule has 2 aromatic carbocycles. The molecule has 3 N–H and O–H groups in total. The molecule has 2 rings (SSSR count). The summed E-state index contributed by atoms with van der Waals surface area (Å²) >= 11 is 0. The zero-order valence-corrected chi connectivity index (χ0v) is 12.6. The van der Waals surface area contributed by atoms with E-state index in [0.29, 0.717) is 5.56 Å². The van der Waals surface area contributed by atoms with Gasteiger partial charge in [0.2, 0.25) is 10.0 Å². The highest BCUT2D eigenvalue weighted by molar-refractivity contribution is 7.89. The van der Waals surface area contributed by atoms with Crippen molar-refractivity contribution in [1.29, 1.82) is 0 Å². The molecule has 0 heterocycles. The van der Waals surface area contributed by atoms with Gasteiger partial charge < -0.3 is 10.2 Å². The standard InChI is InChI=1S/C15H14FNO5S/c16-11-2-1-3-13(9-11)23(21,22)17-14(15(19)20)8-10-4-6-12(18)7-5-10/h1-7,9,14,17-18H,8H2,(H,19,20). The largest absolute Gasteiger partial charge is 0.508 e. The van der Waals surface area contributed by atoms with Crippen molar-refractivity contribution < 1.29 is 27.8 Å². The first kappa shape index (κ1) is 16.9. The van der Waals surface area contributed by atoms with Crippen molar-refractivity contribution in [2.75, 3.05) is 0 Å². The van der Waals surface area contributed by atoms with Gasteiger partial charge in [0.25, 0.3) is 0 Å². The fourth-order valence-electron chi connectivity index (χ4n) is 1.94. The first-order valence-electron chi connectivity index (χ1n) is 6.56. The number of phenolic OH excluding ortho intramolecular Hbond substituents is 1. The predicted octanol–water partition coefficient (Wildman–Crippen LogP) is 1.51. The number of carboxylic acid groups (broad SMARTS) is 1. The molecule has 23 heavy (non-hydrogen) atoms.